The molecule has 0 aromatic rings. The highest BCUT2D eigenvalue weighted by Gasteiger charge is 2.02. The zero-order valence-corrected chi connectivity index (χ0v) is 12.5. The van der Waals surface area contributed by atoms with Crippen molar-refractivity contribution in [1.29, 1.82) is 0 Å². The molecule has 0 aromatic heterocycles. The maximum atomic E-state index is 10.4. The van der Waals surface area contributed by atoms with Crippen LogP contribution in [-0.4, -0.2) is 11.1 Å². The molecule has 0 rings (SSSR count). The third-order valence-corrected chi connectivity index (χ3v) is 3.28. The predicted molar refractivity (Wildman–Crippen MR) is 82.4 cm³/mol. The number of hydrogen-bond donors (Lipinski definition) is 1. The Kier molecular flexibility index (Phi) is 11.4. The van der Waals surface area contributed by atoms with Gasteiger partial charge in [0.15, 0.2) is 0 Å². The first-order valence-electron chi connectivity index (χ1n) is 6.87. The van der Waals surface area contributed by atoms with Crippen molar-refractivity contribution >= 4 is 17.6 Å². The van der Waals surface area contributed by atoms with Gasteiger partial charge in [-0.05, 0) is 44.4 Å². The van der Waals surface area contributed by atoms with Crippen LogP contribution in [0.2, 0.25) is 0 Å². The normalized spacial score (nSPS) is 13.7. The van der Waals surface area contributed by atoms with E-state index in [4.69, 9.17) is 16.7 Å². The average Bonchev–Trinajstić information content (AvgIpc) is 2.38. The summed E-state index contributed by atoms with van der Waals surface area (Å²) in [5.41, 5.74) is 2.98. The minimum atomic E-state index is -0.744. The molecule has 0 aliphatic rings. The second-order valence-electron chi connectivity index (χ2n) is 4.82. The van der Waals surface area contributed by atoms with Gasteiger partial charge in [0.2, 0.25) is 0 Å². The lowest BCUT2D eigenvalue weighted by atomic mass is 9.98. The molecule has 0 aromatic carbocycles. The summed E-state index contributed by atoms with van der Waals surface area (Å²) >= 11 is 5.82. The molecule has 0 saturated heterocycles. The molecule has 108 valence electrons. The minimum absolute atomic E-state index is 0.206. The van der Waals surface area contributed by atoms with Crippen molar-refractivity contribution in [1.82, 2.24) is 0 Å². The van der Waals surface area contributed by atoms with Gasteiger partial charge < -0.3 is 5.11 Å². The fourth-order valence-electron chi connectivity index (χ4n) is 1.75. The van der Waals surface area contributed by atoms with Gasteiger partial charge >= 0.3 is 5.97 Å². The van der Waals surface area contributed by atoms with Crippen LogP contribution >= 0.6 is 11.6 Å². The molecule has 19 heavy (non-hydrogen) atoms. The number of hydrogen-bond acceptors (Lipinski definition) is 1. The summed E-state index contributed by atoms with van der Waals surface area (Å²) in [4.78, 5) is 10.4. The van der Waals surface area contributed by atoms with E-state index in [1.807, 2.05) is 12.2 Å². The van der Waals surface area contributed by atoms with Crippen molar-refractivity contribution in [2.24, 2.45) is 5.92 Å². The molecule has 0 radical (unpaired) electrons. The van der Waals surface area contributed by atoms with Crippen molar-refractivity contribution in [2.45, 2.75) is 51.9 Å². The van der Waals surface area contributed by atoms with Crippen molar-refractivity contribution < 1.29 is 9.90 Å². The summed E-state index contributed by atoms with van der Waals surface area (Å²) in [6, 6.07) is 0. The van der Waals surface area contributed by atoms with Crippen LogP contribution in [0.3, 0.4) is 0 Å². The second kappa shape index (κ2) is 12.0. The third kappa shape index (κ3) is 11.8. The maximum Gasteiger partial charge on any atom is 0.303 e. The lowest BCUT2D eigenvalue weighted by molar-refractivity contribution is -0.136. The highest BCUT2D eigenvalue weighted by Crippen LogP contribution is 2.19. The van der Waals surface area contributed by atoms with E-state index < -0.39 is 5.97 Å². The Morgan fingerprint density at radius 1 is 1.32 bits per heavy atom. The summed E-state index contributed by atoms with van der Waals surface area (Å²) in [6.07, 6.45) is 12.0. The topological polar surface area (TPSA) is 37.3 Å². The van der Waals surface area contributed by atoms with Crippen LogP contribution in [0.4, 0.5) is 0 Å². The third-order valence-electron chi connectivity index (χ3n) is 2.97. The van der Waals surface area contributed by atoms with Gasteiger partial charge in [0.25, 0.3) is 0 Å². The maximum absolute atomic E-state index is 10.4. The zero-order valence-electron chi connectivity index (χ0n) is 11.8. The first-order valence-corrected chi connectivity index (χ1v) is 7.31. The fourth-order valence-corrected chi connectivity index (χ4v) is 1.97. The van der Waals surface area contributed by atoms with Crippen LogP contribution in [0.5, 0.6) is 0 Å². The lowest BCUT2D eigenvalue weighted by Gasteiger charge is -2.09. The Balaban J connectivity index is 3.82. The number of carboxylic acids is 1. The number of rotatable bonds is 11. The van der Waals surface area contributed by atoms with Gasteiger partial charge in [0, 0.05) is 12.0 Å². The van der Waals surface area contributed by atoms with Gasteiger partial charge in [0.1, 0.15) is 0 Å². The predicted octanol–water partition coefficient (Wildman–Crippen LogP) is 5.30. The van der Waals surface area contributed by atoms with Crippen molar-refractivity contribution in [2.75, 3.05) is 0 Å². The minimum Gasteiger partial charge on any atom is -0.481 e. The van der Waals surface area contributed by atoms with Crippen LogP contribution in [0.1, 0.15) is 51.9 Å². The molecule has 0 aliphatic heterocycles. The average molecular weight is 285 g/mol. The molecular formula is C16H25ClO2. The van der Waals surface area contributed by atoms with E-state index in [1.54, 1.807) is 5.54 Å². The standard InChI is InChI=1S/C16H25ClO2/c1-3-4-5-9-15(13-17)12-11-14(2)8-6-7-10-16(18)19/h3,6,8,13-14H,1,4-5,7,9-12H2,2H3,(H,18,19)/b8-6+,15-13+/t14-/m1/s1. The Labute approximate surface area is 121 Å². The summed E-state index contributed by atoms with van der Waals surface area (Å²) < 4.78 is 0. The van der Waals surface area contributed by atoms with E-state index in [9.17, 15) is 4.79 Å². The van der Waals surface area contributed by atoms with Crippen LogP contribution < -0.4 is 0 Å². The Morgan fingerprint density at radius 2 is 2.05 bits per heavy atom. The van der Waals surface area contributed by atoms with Gasteiger partial charge in [-0.15, -0.1) is 6.58 Å². The van der Waals surface area contributed by atoms with Crippen molar-refractivity contribution in [3.05, 3.63) is 35.9 Å². The highest BCUT2D eigenvalue weighted by molar-refractivity contribution is 6.25. The fraction of sp³-hybridized carbons (Fsp3) is 0.562. The number of halogens is 1. The van der Waals surface area contributed by atoms with Gasteiger partial charge in [-0.25, -0.2) is 0 Å². The Hall–Kier alpha value is -1.02. The number of carbonyl (C=O) groups is 1. The van der Waals surface area contributed by atoms with Crippen LogP contribution in [0.15, 0.2) is 35.9 Å². The molecular weight excluding hydrogens is 260 g/mol. The molecule has 1 atom stereocenters. The summed E-state index contributed by atoms with van der Waals surface area (Å²) in [7, 11) is 0. The lowest BCUT2D eigenvalue weighted by Crippen LogP contribution is -1.94. The second-order valence-corrected chi connectivity index (χ2v) is 5.04. The molecule has 0 spiro atoms. The molecule has 0 unspecified atom stereocenters. The molecule has 0 aliphatic carbocycles. The number of unbranched alkanes of at least 4 members (excludes halogenated alkanes) is 1. The molecule has 3 heteroatoms. The van der Waals surface area contributed by atoms with E-state index >= 15 is 0 Å². The first kappa shape index (κ1) is 18.0. The number of allylic oxidation sites excluding steroid dienone is 4. The molecule has 0 fully saturated rings. The van der Waals surface area contributed by atoms with Gasteiger partial charge in [-0.3, -0.25) is 4.79 Å². The van der Waals surface area contributed by atoms with E-state index in [0.717, 1.165) is 32.1 Å². The zero-order chi connectivity index (χ0) is 14.5. The molecule has 0 bridgehead atoms. The Morgan fingerprint density at radius 3 is 2.63 bits per heavy atom. The highest BCUT2D eigenvalue weighted by atomic mass is 35.5. The van der Waals surface area contributed by atoms with Crippen LogP contribution in [-0.2, 0) is 4.79 Å². The monoisotopic (exact) mass is 284 g/mol. The van der Waals surface area contributed by atoms with Crippen molar-refractivity contribution in [3.63, 3.8) is 0 Å². The van der Waals surface area contributed by atoms with E-state index in [1.165, 1.54) is 5.57 Å². The molecule has 0 heterocycles. The quantitative estimate of drug-likeness (QED) is 0.413. The molecule has 0 amide bonds. The summed E-state index contributed by atoms with van der Waals surface area (Å²) in [5, 5.41) is 8.53. The molecule has 2 nitrogen and oxygen atoms in total. The van der Waals surface area contributed by atoms with Crippen LogP contribution in [0, 0.1) is 5.92 Å². The number of carboxylic acid groups (broad SMARTS) is 1. The van der Waals surface area contributed by atoms with E-state index in [0.29, 0.717) is 12.3 Å². The van der Waals surface area contributed by atoms with E-state index in [2.05, 4.69) is 19.6 Å². The Bertz CT molecular complexity index is 319. The van der Waals surface area contributed by atoms with Crippen LogP contribution in [0.25, 0.3) is 0 Å². The molecule has 1 N–H and O–H groups in total. The SMILES string of the molecule is C=CCCC/C(=C\Cl)CC[C@H](C)/C=C/CCC(=O)O. The number of aliphatic carboxylic acids is 1. The largest absolute Gasteiger partial charge is 0.481 e. The molecule has 0 saturated carbocycles. The van der Waals surface area contributed by atoms with Gasteiger partial charge in [0.05, 0.1) is 0 Å². The summed E-state index contributed by atoms with van der Waals surface area (Å²) in [5.74, 6) is -0.285. The van der Waals surface area contributed by atoms with E-state index in [-0.39, 0.29) is 6.42 Å². The van der Waals surface area contributed by atoms with Gasteiger partial charge in [-0.1, -0.05) is 42.3 Å². The first-order chi connectivity index (χ1) is 9.10. The smallest absolute Gasteiger partial charge is 0.303 e. The van der Waals surface area contributed by atoms with Gasteiger partial charge in [-0.2, -0.15) is 0 Å². The van der Waals surface area contributed by atoms with Crippen molar-refractivity contribution in [3.8, 4) is 0 Å². The summed E-state index contributed by atoms with van der Waals surface area (Å²) in [6.45, 7) is 5.85.